The van der Waals surface area contributed by atoms with Crippen LogP contribution in [0.5, 0.6) is 5.75 Å². The number of halogens is 1. The van der Waals surface area contributed by atoms with Gasteiger partial charge in [0, 0.05) is 10.2 Å². The molecule has 1 atom stereocenters. The normalized spacial score (nSPS) is 27.6. The second kappa shape index (κ2) is 6.94. The molecule has 2 bridgehead atoms. The Balaban J connectivity index is 0.00000180. The van der Waals surface area contributed by atoms with Gasteiger partial charge in [-0.25, -0.2) is 0 Å². The summed E-state index contributed by atoms with van der Waals surface area (Å²) in [5.74, 6) is 1.63. The molecule has 4 aliphatic rings. The SMILES string of the molecule is CC(C)Oc1ccc2cc(C(=O)N[C@@H]3C4CCN(CC4)C34CC4)sc2c1.Cl. The summed E-state index contributed by atoms with van der Waals surface area (Å²) in [5, 5.41) is 4.54. The van der Waals surface area contributed by atoms with Crippen molar-refractivity contribution < 1.29 is 9.53 Å². The summed E-state index contributed by atoms with van der Waals surface area (Å²) in [5.41, 5.74) is 0.284. The molecule has 0 radical (unpaired) electrons. The zero-order valence-corrected chi connectivity index (χ0v) is 17.5. The highest BCUT2D eigenvalue weighted by Crippen LogP contribution is 2.53. The van der Waals surface area contributed by atoms with Crippen LogP contribution >= 0.6 is 23.7 Å². The first-order valence-electron chi connectivity index (χ1n) is 9.81. The monoisotopic (exact) mass is 406 g/mol. The average Bonchev–Trinajstić information content (AvgIpc) is 3.28. The zero-order valence-electron chi connectivity index (χ0n) is 15.9. The van der Waals surface area contributed by atoms with Crippen LogP contribution in [0.4, 0.5) is 0 Å². The molecule has 1 aromatic heterocycles. The number of piperidine rings is 3. The van der Waals surface area contributed by atoms with Crippen LogP contribution in [0.1, 0.15) is 49.2 Å². The summed E-state index contributed by atoms with van der Waals surface area (Å²) in [6.45, 7) is 6.50. The molecule has 1 aliphatic carbocycles. The van der Waals surface area contributed by atoms with Crippen LogP contribution < -0.4 is 10.1 Å². The van der Waals surface area contributed by atoms with Gasteiger partial charge in [0.2, 0.25) is 0 Å². The molecule has 4 nitrogen and oxygen atoms in total. The Morgan fingerprint density at radius 2 is 2.00 bits per heavy atom. The van der Waals surface area contributed by atoms with E-state index in [0.29, 0.717) is 12.0 Å². The Morgan fingerprint density at radius 1 is 1.26 bits per heavy atom. The summed E-state index contributed by atoms with van der Waals surface area (Å²) < 4.78 is 6.90. The quantitative estimate of drug-likeness (QED) is 0.814. The summed E-state index contributed by atoms with van der Waals surface area (Å²) in [6.07, 6.45) is 5.11. The van der Waals surface area contributed by atoms with E-state index in [1.54, 1.807) is 11.3 Å². The number of carbonyl (C=O) groups is 1. The second-order valence-corrected chi connectivity index (χ2v) is 9.44. The number of nitrogens with one attached hydrogen (secondary N) is 1. The first-order valence-corrected chi connectivity index (χ1v) is 10.6. The van der Waals surface area contributed by atoms with Gasteiger partial charge in [-0.15, -0.1) is 23.7 Å². The molecule has 1 saturated carbocycles. The molecule has 1 amide bonds. The molecule has 1 N–H and O–H groups in total. The molecule has 3 aliphatic heterocycles. The van der Waals surface area contributed by atoms with Crippen molar-refractivity contribution in [1.29, 1.82) is 0 Å². The number of thiophene rings is 1. The Labute approximate surface area is 170 Å². The summed E-state index contributed by atoms with van der Waals surface area (Å²) in [6, 6.07) is 8.45. The van der Waals surface area contributed by atoms with Crippen molar-refractivity contribution in [3.8, 4) is 5.75 Å². The van der Waals surface area contributed by atoms with Gasteiger partial charge in [-0.05, 0) is 88.2 Å². The summed E-state index contributed by atoms with van der Waals surface area (Å²) in [4.78, 5) is 16.4. The predicted molar refractivity (Wildman–Crippen MR) is 112 cm³/mol. The highest BCUT2D eigenvalue weighted by atomic mass is 35.5. The first kappa shape index (κ1) is 19.0. The van der Waals surface area contributed by atoms with Crippen molar-refractivity contribution in [3.05, 3.63) is 29.1 Å². The first-order chi connectivity index (χ1) is 12.5. The van der Waals surface area contributed by atoms with E-state index < -0.39 is 0 Å². The molecule has 4 heterocycles. The number of carbonyl (C=O) groups excluding carboxylic acids is 1. The maximum Gasteiger partial charge on any atom is 0.261 e. The third kappa shape index (κ3) is 3.24. The molecule has 4 fully saturated rings. The second-order valence-electron chi connectivity index (χ2n) is 8.36. The maximum atomic E-state index is 13.0. The van der Waals surface area contributed by atoms with Crippen molar-refractivity contribution in [2.45, 2.75) is 57.2 Å². The van der Waals surface area contributed by atoms with Crippen LogP contribution in [0.2, 0.25) is 0 Å². The predicted octanol–water partition coefficient (Wildman–Crippen LogP) is 4.47. The number of hydrogen-bond donors (Lipinski definition) is 1. The van der Waals surface area contributed by atoms with Crippen molar-refractivity contribution in [2.24, 2.45) is 5.92 Å². The Hall–Kier alpha value is -1.30. The maximum absolute atomic E-state index is 13.0. The number of benzene rings is 1. The van der Waals surface area contributed by atoms with Crippen LogP contribution in [0.15, 0.2) is 24.3 Å². The van der Waals surface area contributed by atoms with Gasteiger partial charge in [-0.1, -0.05) is 0 Å². The average molecular weight is 407 g/mol. The van der Waals surface area contributed by atoms with Crippen LogP contribution in [0.25, 0.3) is 10.1 Å². The minimum atomic E-state index is 0. The fourth-order valence-electron chi connectivity index (χ4n) is 5.00. The van der Waals surface area contributed by atoms with Gasteiger partial charge in [0.25, 0.3) is 5.91 Å². The van der Waals surface area contributed by atoms with Crippen LogP contribution in [-0.2, 0) is 0 Å². The lowest BCUT2D eigenvalue weighted by molar-refractivity contribution is -0.00138. The smallest absolute Gasteiger partial charge is 0.261 e. The van der Waals surface area contributed by atoms with Gasteiger partial charge in [0.1, 0.15) is 5.75 Å². The van der Waals surface area contributed by atoms with Gasteiger partial charge >= 0.3 is 0 Å². The molecule has 146 valence electrons. The number of hydrogen-bond acceptors (Lipinski definition) is 4. The van der Waals surface area contributed by atoms with Gasteiger partial charge in [-0.3, -0.25) is 9.69 Å². The molecule has 0 unspecified atom stereocenters. The van der Waals surface area contributed by atoms with Gasteiger partial charge < -0.3 is 10.1 Å². The van der Waals surface area contributed by atoms with Crippen molar-refractivity contribution in [2.75, 3.05) is 13.1 Å². The minimum Gasteiger partial charge on any atom is -0.491 e. The fraction of sp³-hybridized carbons (Fsp3) is 0.571. The number of rotatable bonds is 4. The number of fused-ring (bicyclic) bond motifs is 3. The number of nitrogens with zero attached hydrogens (tertiary/aromatic N) is 1. The number of ether oxygens (including phenoxy) is 1. The molecular formula is C21H27ClN2O2S. The Morgan fingerprint density at radius 3 is 2.67 bits per heavy atom. The summed E-state index contributed by atoms with van der Waals surface area (Å²) in [7, 11) is 0. The highest BCUT2D eigenvalue weighted by molar-refractivity contribution is 7.20. The van der Waals surface area contributed by atoms with Crippen LogP contribution in [-0.4, -0.2) is 41.6 Å². The van der Waals surface area contributed by atoms with Gasteiger partial charge in [0.15, 0.2) is 0 Å². The van der Waals surface area contributed by atoms with Crippen LogP contribution in [0.3, 0.4) is 0 Å². The van der Waals surface area contributed by atoms with Gasteiger partial charge in [-0.2, -0.15) is 0 Å². The topological polar surface area (TPSA) is 41.6 Å². The lowest BCUT2D eigenvalue weighted by Crippen LogP contribution is -2.65. The van der Waals surface area contributed by atoms with E-state index in [4.69, 9.17) is 4.74 Å². The van der Waals surface area contributed by atoms with E-state index in [0.717, 1.165) is 20.7 Å². The fourth-order valence-corrected chi connectivity index (χ4v) is 6.00. The van der Waals surface area contributed by atoms with E-state index in [9.17, 15) is 4.79 Å². The van der Waals surface area contributed by atoms with Gasteiger partial charge in [0.05, 0.1) is 17.0 Å². The highest BCUT2D eigenvalue weighted by Gasteiger charge is 2.60. The molecule has 1 spiro atoms. The molecular weight excluding hydrogens is 380 g/mol. The lowest BCUT2D eigenvalue weighted by Gasteiger charge is -2.52. The zero-order chi connectivity index (χ0) is 17.9. The Bertz CT molecular complexity index is 853. The van der Waals surface area contributed by atoms with E-state index in [-0.39, 0.29) is 30.0 Å². The van der Waals surface area contributed by atoms with E-state index >= 15 is 0 Å². The summed E-state index contributed by atoms with van der Waals surface area (Å²) >= 11 is 1.57. The Kier molecular flexibility index (Phi) is 4.90. The molecule has 6 rings (SSSR count). The van der Waals surface area contributed by atoms with Crippen molar-refractivity contribution in [3.63, 3.8) is 0 Å². The molecule has 27 heavy (non-hydrogen) atoms. The number of amides is 1. The van der Waals surface area contributed by atoms with E-state index in [1.807, 2.05) is 32.0 Å². The molecule has 2 aromatic rings. The van der Waals surface area contributed by atoms with Crippen molar-refractivity contribution >= 4 is 39.7 Å². The third-order valence-corrected chi connectivity index (χ3v) is 7.45. The molecule has 3 saturated heterocycles. The molecule has 1 aromatic carbocycles. The van der Waals surface area contributed by atoms with E-state index in [1.165, 1.54) is 38.8 Å². The lowest BCUT2D eigenvalue weighted by atomic mass is 9.77. The van der Waals surface area contributed by atoms with Crippen LogP contribution in [0, 0.1) is 5.92 Å². The largest absolute Gasteiger partial charge is 0.491 e. The van der Waals surface area contributed by atoms with E-state index in [2.05, 4.69) is 16.3 Å². The minimum absolute atomic E-state index is 0. The standard InChI is InChI=1S/C21H26N2O2S.ClH/c1-13(2)25-16-4-3-15-11-18(26-17(15)12-16)20(24)22-19-14-5-9-23(10-6-14)21(19)7-8-21;/h3-4,11-14,19H,5-10H2,1-2H3,(H,22,24);1H/t19-;/m1./s1. The third-order valence-electron chi connectivity index (χ3n) is 6.36. The van der Waals surface area contributed by atoms with Crippen molar-refractivity contribution in [1.82, 2.24) is 10.2 Å². The molecule has 6 heteroatoms.